The van der Waals surface area contributed by atoms with Gasteiger partial charge >= 0.3 is 5.97 Å². The molecule has 5 nitrogen and oxygen atoms in total. The summed E-state index contributed by atoms with van der Waals surface area (Å²) in [5.41, 5.74) is 4.05. The molecule has 2 unspecified atom stereocenters. The summed E-state index contributed by atoms with van der Waals surface area (Å²) in [6, 6.07) is 23.6. The van der Waals surface area contributed by atoms with E-state index < -0.39 is 17.8 Å². The Bertz CT molecular complexity index is 1120. The van der Waals surface area contributed by atoms with Crippen LogP contribution < -0.4 is 10.1 Å². The maximum Gasteiger partial charge on any atom is 0.338 e. The van der Waals surface area contributed by atoms with Crippen LogP contribution in [0.2, 0.25) is 0 Å². The van der Waals surface area contributed by atoms with Gasteiger partial charge in [-0.2, -0.15) is 0 Å². The molecule has 3 aromatic carbocycles. The molecule has 1 aliphatic rings. The summed E-state index contributed by atoms with van der Waals surface area (Å²) in [5, 5.41) is 3.50. The molecule has 0 aromatic heterocycles. The molecule has 4 rings (SSSR count). The van der Waals surface area contributed by atoms with Crippen LogP contribution in [-0.4, -0.2) is 24.3 Å². The first kappa shape index (κ1) is 24.8. The zero-order valence-corrected chi connectivity index (χ0v) is 21.0. The van der Waals surface area contributed by atoms with E-state index in [0.717, 1.165) is 29.8 Å². The van der Waals surface area contributed by atoms with E-state index in [4.69, 9.17) is 14.2 Å². The molecule has 1 aliphatic heterocycles. The van der Waals surface area contributed by atoms with Gasteiger partial charge in [-0.3, -0.25) is 0 Å². The summed E-state index contributed by atoms with van der Waals surface area (Å²) in [4.78, 5) is 13.0. The van der Waals surface area contributed by atoms with E-state index in [1.165, 1.54) is 11.1 Å². The van der Waals surface area contributed by atoms with Gasteiger partial charge < -0.3 is 19.5 Å². The number of rotatable bonds is 9. The van der Waals surface area contributed by atoms with Gasteiger partial charge in [0, 0.05) is 24.4 Å². The summed E-state index contributed by atoms with van der Waals surface area (Å²) in [6.45, 7) is 9.39. The predicted octanol–water partition coefficient (Wildman–Crippen LogP) is 6.86. The molecule has 0 saturated heterocycles. The van der Waals surface area contributed by atoms with Crippen molar-refractivity contribution in [3.05, 3.63) is 95.1 Å². The second-order valence-corrected chi connectivity index (χ2v) is 9.63. The van der Waals surface area contributed by atoms with Crippen LogP contribution >= 0.6 is 0 Å². The van der Waals surface area contributed by atoms with Crippen molar-refractivity contribution in [2.45, 2.75) is 64.9 Å². The fraction of sp³-hybridized carbons (Fsp3) is 0.367. The van der Waals surface area contributed by atoms with Crippen molar-refractivity contribution in [3.8, 4) is 5.75 Å². The number of benzene rings is 3. The summed E-state index contributed by atoms with van der Waals surface area (Å²) in [5.74, 6) is 0.373. The summed E-state index contributed by atoms with van der Waals surface area (Å²) in [6.07, 6.45) is 0.908. The molecule has 0 aliphatic carbocycles. The van der Waals surface area contributed by atoms with E-state index >= 15 is 0 Å². The monoisotopic (exact) mass is 473 g/mol. The first-order valence-electron chi connectivity index (χ1n) is 12.4. The lowest BCUT2D eigenvalue weighted by molar-refractivity contribution is -0.140. The average Bonchev–Trinajstić information content (AvgIpc) is 2.86. The Kier molecular flexibility index (Phi) is 7.76. The molecule has 0 saturated carbocycles. The van der Waals surface area contributed by atoms with Gasteiger partial charge in [-0.25, -0.2) is 4.79 Å². The van der Waals surface area contributed by atoms with Gasteiger partial charge in [0.15, 0.2) is 6.10 Å². The first-order valence-corrected chi connectivity index (χ1v) is 12.4. The van der Waals surface area contributed by atoms with E-state index in [0.29, 0.717) is 18.7 Å². The van der Waals surface area contributed by atoms with Crippen molar-refractivity contribution < 1.29 is 19.0 Å². The van der Waals surface area contributed by atoms with Crippen molar-refractivity contribution in [2.75, 3.05) is 11.9 Å². The maximum atomic E-state index is 13.0. The number of esters is 1. The van der Waals surface area contributed by atoms with Crippen molar-refractivity contribution in [3.63, 3.8) is 0 Å². The van der Waals surface area contributed by atoms with Crippen LogP contribution in [0.25, 0.3) is 0 Å². The molecule has 0 fully saturated rings. The average molecular weight is 474 g/mol. The topological polar surface area (TPSA) is 56.8 Å². The number of unbranched alkanes of at least 4 members (excludes halogenated alkanes) is 1. The van der Waals surface area contributed by atoms with Gasteiger partial charge in [-0.15, -0.1) is 0 Å². The quantitative estimate of drug-likeness (QED) is 0.272. The molecule has 3 aromatic rings. The smallest absolute Gasteiger partial charge is 0.338 e. The van der Waals surface area contributed by atoms with Crippen molar-refractivity contribution in [2.24, 2.45) is 0 Å². The van der Waals surface area contributed by atoms with Crippen molar-refractivity contribution >= 4 is 11.7 Å². The summed E-state index contributed by atoms with van der Waals surface area (Å²) < 4.78 is 18.8. The fourth-order valence-corrected chi connectivity index (χ4v) is 4.25. The van der Waals surface area contributed by atoms with Crippen LogP contribution in [0.15, 0.2) is 72.8 Å². The van der Waals surface area contributed by atoms with Gasteiger partial charge in [0.05, 0.1) is 5.56 Å². The molecular weight excluding hydrogens is 438 g/mol. The van der Waals surface area contributed by atoms with E-state index in [1.54, 1.807) is 12.1 Å². The molecular formula is C30H35NO4. The number of fused-ring (bicyclic) bond motifs is 1. The number of ether oxygens (including phenoxy) is 3. The Hall–Kier alpha value is -3.31. The minimum Gasteiger partial charge on any atom is -0.483 e. The molecule has 5 heteroatoms. The molecule has 35 heavy (non-hydrogen) atoms. The third-order valence-corrected chi connectivity index (χ3v) is 6.31. The van der Waals surface area contributed by atoms with E-state index in [9.17, 15) is 4.79 Å². The minimum atomic E-state index is -0.759. The summed E-state index contributed by atoms with van der Waals surface area (Å²) in [7, 11) is 0. The SMILES string of the molecule is CCCCOC1c2cc(NCc3ccc(C)cc3)ccc2OC(C)(C)C1OC(=O)c1ccccc1. The number of carbonyl (C=O) groups is 1. The lowest BCUT2D eigenvalue weighted by Gasteiger charge is -2.43. The fourth-order valence-electron chi connectivity index (χ4n) is 4.25. The Morgan fingerprint density at radius 2 is 1.77 bits per heavy atom. The van der Waals surface area contributed by atoms with Crippen LogP contribution in [0.1, 0.15) is 66.8 Å². The third kappa shape index (κ3) is 6.04. The van der Waals surface area contributed by atoms with Gasteiger partial charge in [-0.1, -0.05) is 61.4 Å². The Morgan fingerprint density at radius 1 is 1.03 bits per heavy atom. The highest BCUT2D eigenvalue weighted by Crippen LogP contribution is 2.44. The Morgan fingerprint density at radius 3 is 2.49 bits per heavy atom. The van der Waals surface area contributed by atoms with Gasteiger partial charge in [0.2, 0.25) is 0 Å². The molecule has 2 atom stereocenters. The highest BCUT2D eigenvalue weighted by molar-refractivity contribution is 5.89. The lowest BCUT2D eigenvalue weighted by atomic mass is 9.87. The molecule has 0 bridgehead atoms. The van der Waals surface area contributed by atoms with Crippen LogP contribution in [-0.2, 0) is 16.0 Å². The normalized spacial score (nSPS) is 18.3. The number of hydrogen-bond acceptors (Lipinski definition) is 5. The van der Waals surface area contributed by atoms with Crippen LogP contribution in [0.4, 0.5) is 5.69 Å². The summed E-state index contributed by atoms with van der Waals surface area (Å²) >= 11 is 0. The highest BCUT2D eigenvalue weighted by atomic mass is 16.6. The van der Waals surface area contributed by atoms with Gasteiger partial charge in [0.25, 0.3) is 0 Å². The molecule has 0 amide bonds. The largest absolute Gasteiger partial charge is 0.483 e. The van der Waals surface area contributed by atoms with E-state index in [1.807, 2.05) is 44.2 Å². The number of anilines is 1. The van der Waals surface area contributed by atoms with Crippen LogP contribution in [0, 0.1) is 6.92 Å². The van der Waals surface area contributed by atoms with E-state index in [2.05, 4.69) is 49.5 Å². The number of hydrogen-bond donors (Lipinski definition) is 1. The molecule has 0 radical (unpaired) electrons. The van der Waals surface area contributed by atoms with Gasteiger partial charge in [-0.05, 0) is 63.1 Å². The third-order valence-electron chi connectivity index (χ3n) is 6.31. The predicted molar refractivity (Wildman–Crippen MR) is 139 cm³/mol. The van der Waals surface area contributed by atoms with Gasteiger partial charge in [0.1, 0.15) is 17.5 Å². The standard InChI is InChI=1S/C30H35NO4/c1-5-6-18-33-27-25-19-24(31-20-22-14-12-21(2)13-15-22)16-17-26(25)35-30(3,4)28(27)34-29(32)23-10-8-7-9-11-23/h7-17,19,27-28,31H,5-6,18,20H2,1-4H3. The first-order chi connectivity index (χ1) is 16.9. The number of nitrogens with one attached hydrogen (secondary N) is 1. The molecule has 184 valence electrons. The zero-order valence-electron chi connectivity index (χ0n) is 21.0. The number of aryl methyl sites for hydroxylation is 1. The maximum absolute atomic E-state index is 13.0. The van der Waals surface area contributed by atoms with Crippen LogP contribution in [0.5, 0.6) is 5.75 Å². The Labute approximate surface area is 208 Å². The Balaban J connectivity index is 1.60. The lowest BCUT2D eigenvalue weighted by Crippen LogP contribution is -2.51. The van der Waals surface area contributed by atoms with Crippen LogP contribution in [0.3, 0.4) is 0 Å². The van der Waals surface area contributed by atoms with Crippen molar-refractivity contribution in [1.82, 2.24) is 0 Å². The second kappa shape index (κ2) is 11.0. The highest BCUT2D eigenvalue weighted by Gasteiger charge is 2.47. The minimum absolute atomic E-state index is 0.381. The molecule has 1 heterocycles. The number of carbonyl (C=O) groups excluding carboxylic acids is 1. The zero-order chi connectivity index (χ0) is 24.8. The van der Waals surface area contributed by atoms with E-state index in [-0.39, 0.29) is 5.97 Å². The van der Waals surface area contributed by atoms with Crippen molar-refractivity contribution in [1.29, 1.82) is 0 Å². The second-order valence-electron chi connectivity index (χ2n) is 9.63. The molecule has 0 spiro atoms. The molecule has 1 N–H and O–H groups in total.